The molecule has 2 rings (SSSR count). The van der Waals surface area contributed by atoms with Crippen LogP contribution >= 0.6 is 0 Å². The standard InChI is InChI=1S/C4H2N2O3.C3H2N2O/c7-3-1-2(4(8)9)5-6-3;6-3-1-2-4-5-3/h1H,(H,8,9);1-2H. The summed E-state index contributed by atoms with van der Waals surface area (Å²) in [5.41, 5.74) is -0.306. The Bertz CT molecular complexity index is 418. The summed E-state index contributed by atoms with van der Waals surface area (Å²) in [5.74, 6) is -2.12. The Balaban J connectivity index is 0.000000162. The van der Waals surface area contributed by atoms with E-state index >= 15 is 0 Å². The smallest absolute Gasteiger partial charge is 0.356 e. The van der Waals surface area contributed by atoms with E-state index in [4.69, 9.17) is 5.11 Å². The molecule has 0 radical (unpaired) electrons. The van der Waals surface area contributed by atoms with Crippen LogP contribution in [-0.2, 0) is 14.4 Å². The molecule has 2 aliphatic heterocycles. The second-order valence-electron chi connectivity index (χ2n) is 2.24. The summed E-state index contributed by atoms with van der Waals surface area (Å²) in [4.78, 5) is 30.0. The highest BCUT2D eigenvalue weighted by molar-refractivity contribution is 6.00. The first-order chi connectivity index (χ1) is 7.09. The Kier molecular flexibility index (Phi) is 3.28. The van der Waals surface area contributed by atoms with Gasteiger partial charge in [-0.2, -0.15) is 5.11 Å². The number of carboxylic acids is 1. The Labute approximate surface area is 82.7 Å². The molecule has 15 heavy (non-hydrogen) atoms. The maximum Gasteiger partial charge on any atom is 0.356 e. The van der Waals surface area contributed by atoms with E-state index in [1.165, 1.54) is 12.3 Å². The zero-order valence-corrected chi connectivity index (χ0v) is 7.19. The highest BCUT2D eigenvalue weighted by atomic mass is 16.4. The summed E-state index contributed by atoms with van der Waals surface area (Å²) < 4.78 is 0. The Morgan fingerprint density at radius 1 is 1.13 bits per heavy atom. The van der Waals surface area contributed by atoms with Crippen molar-refractivity contribution in [2.24, 2.45) is 20.5 Å². The largest absolute Gasteiger partial charge is 0.476 e. The summed E-state index contributed by atoms with van der Waals surface area (Å²) in [5, 5.41) is 20.5. The highest BCUT2D eigenvalue weighted by Crippen LogP contribution is 2.05. The molecule has 2 amide bonds. The van der Waals surface area contributed by atoms with E-state index in [1.807, 2.05) is 0 Å². The molecule has 0 fully saturated rings. The lowest BCUT2D eigenvalue weighted by molar-refractivity contribution is -0.132. The van der Waals surface area contributed by atoms with E-state index in [0.717, 1.165) is 6.08 Å². The Morgan fingerprint density at radius 3 is 2.07 bits per heavy atom. The SMILES string of the molecule is O=C1C=C(C(=O)O)N=N1.O=C1C=CN=N1. The summed E-state index contributed by atoms with van der Waals surface area (Å²) >= 11 is 0. The molecule has 8 nitrogen and oxygen atoms in total. The van der Waals surface area contributed by atoms with Crippen molar-refractivity contribution in [3.8, 4) is 0 Å². The third-order valence-corrected chi connectivity index (χ3v) is 1.18. The molecule has 2 aliphatic rings. The first-order valence-corrected chi connectivity index (χ1v) is 3.61. The summed E-state index contributed by atoms with van der Waals surface area (Å²) in [6.45, 7) is 0. The lowest BCUT2D eigenvalue weighted by atomic mass is 10.4. The molecule has 0 saturated carbocycles. The van der Waals surface area contributed by atoms with Crippen molar-refractivity contribution in [3.05, 3.63) is 24.0 Å². The molecule has 0 aromatic heterocycles. The normalized spacial score (nSPS) is 16.4. The van der Waals surface area contributed by atoms with Crippen molar-refractivity contribution >= 4 is 17.8 Å². The molecule has 0 unspecified atom stereocenters. The lowest BCUT2D eigenvalue weighted by Gasteiger charge is -1.79. The molecule has 2 heterocycles. The molecular formula is C7H4N4O4. The first-order valence-electron chi connectivity index (χ1n) is 3.61. The van der Waals surface area contributed by atoms with Gasteiger partial charge in [0.05, 0.1) is 6.20 Å². The predicted octanol–water partition coefficient (Wildman–Crippen LogP) is 0.440. The third-order valence-electron chi connectivity index (χ3n) is 1.18. The second kappa shape index (κ2) is 4.65. The van der Waals surface area contributed by atoms with Crippen LogP contribution in [0.4, 0.5) is 0 Å². The van der Waals surface area contributed by atoms with Crippen molar-refractivity contribution in [2.75, 3.05) is 0 Å². The first kappa shape index (κ1) is 10.6. The van der Waals surface area contributed by atoms with Gasteiger partial charge in [0.25, 0.3) is 11.8 Å². The highest BCUT2D eigenvalue weighted by Gasteiger charge is 2.13. The van der Waals surface area contributed by atoms with Gasteiger partial charge in [-0.3, -0.25) is 9.59 Å². The van der Waals surface area contributed by atoms with E-state index in [9.17, 15) is 14.4 Å². The van der Waals surface area contributed by atoms with Crippen molar-refractivity contribution in [3.63, 3.8) is 0 Å². The van der Waals surface area contributed by atoms with Crippen molar-refractivity contribution in [1.29, 1.82) is 0 Å². The third kappa shape index (κ3) is 3.38. The average Bonchev–Trinajstić information content (AvgIpc) is 2.77. The van der Waals surface area contributed by atoms with Crippen LogP contribution in [-0.4, -0.2) is 22.9 Å². The molecule has 0 aromatic rings. The predicted molar refractivity (Wildman–Crippen MR) is 44.6 cm³/mol. The molecular weight excluding hydrogens is 204 g/mol. The lowest BCUT2D eigenvalue weighted by Crippen LogP contribution is -1.95. The maximum absolute atomic E-state index is 10.2. The van der Waals surface area contributed by atoms with Crippen LogP contribution in [0.15, 0.2) is 44.5 Å². The number of aliphatic carboxylic acids is 1. The molecule has 8 heteroatoms. The van der Waals surface area contributed by atoms with Gasteiger partial charge in [0, 0.05) is 12.2 Å². The van der Waals surface area contributed by atoms with E-state index in [0.29, 0.717) is 0 Å². The quantitative estimate of drug-likeness (QED) is 0.671. The number of amides is 2. The van der Waals surface area contributed by atoms with Gasteiger partial charge in [0.1, 0.15) is 0 Å². The van der Waals surface area contributed by atoms with Gasteiger partial charge in [0.15, 0.2) is 5.70 Å². The Morgan fingerprint density at radius 2 is 1.87 bits per heavy atom. The van der Waals surface area contributed by atoms with Gasteiger partial charge in [-0.1, -0.05) is 0 Å². The van der Waals surface area contributed by atoms with Crippen LogP contribution < -0.4 is 0 Å². The van der Waals surface area contributed by atoms with Crippen LogP contribution in [0.25, 0.3) is 0 Å². The van der Waals surface area contributed by atoms with Crippen molar-refractivity contribution in [1.82, 2.24) is 0 Å². The Hall–Kier alpha value is -2.51. The summed E-state index contributed by atoms with van der Waals surface area (Å²) in [6.07, 6.45) is 3.53. The van der Waals surface area contributed by atoms with Crippen LogP contribution in [0.3, 0.4) is 0 Å². The van der Waals surface area contributed by atoms with E-state index in [1.54, 1.807) is 0 Å². The minimum absolute atomic E-state index is 0.269. The summed E-state index contributed by atoms with van der Waals surface area (Å²) in [6, 6.07) is 0. The van der Waals surface area contributed by atoms with Gasteiger partial charge < -0.3 is 5.11 Å². The molecule has 0 aromatic carbocycles. The van der Waals surface area contributed by atoms with Gasteiger partial charge >= 0.3 is 5.97 Å². The molecule has 0 aliphatic carbocycles. The monoisotopic (exact) mass is 208 g/mol. The van der Waals surface area contributed by atoms with Crippen LogP contribution in [0.5, 0.6) is 0 Å². The number of hydrogen-bond donors (Lipinski definition) is 1. The zero-order chi connectivity index (χ0) is 11.3. The molecule has 76 valence electrons. The molecule has 0 bridgehead atoms. The van der Waals surface area contributed by atoms with Gasteiger partial charge in [-0.15, -0.1) is 15.3 Å². The fraction of sp³-hybridized carbons (Fsp3) is 0. The van der Waals surface area contributed by atoms with Gasteiger partial charge in [-0.25, -0.2) is 4.79 Å². The number of hydrogen-bond acceptors (Lipinski definition) is 5. The van der Waals surface area contributed by atoms with Crippen LogP contribution in [0, 0.1) is 0 Å². The zero-order valence-electron chi connectivity index (χ0n) is 7.19. The number of carboxylic acid groups (broad SMARTS) is 1. The fourth-order valence-electron chi connectivity index (χ4n) is 0.603. The van der Waals surface area contributed by atoms with Gasteiger partial charge in [-0.05, 0) is 0 Å². The van der Waals surface area contributed by atoms with Crippen molar-refractivity contribution < 1.29 is 19.5 Å². The maximum atomic E-state index is 10.2. The number of carbonyl (C=O) groups is 3. The molecule has 0 saturated heterocycles. The van der Waals surface area contributed by atoms with E-state index in [2.05, 4.69) is 20.5 Å². The minimum Gasteiger partial charge on any atom is -0.476 e. The number of carbonyl (C=O) groups excluding carboxylic acids is 2. The average molecular weight is 208 g/mol. The fourth-order valence-corrected chi connectivity index (χ4v) is 0.603. The molecule has 0 atom stereocenters. The number of rotatable bonds is 1. The summed E-state index contributed by atoms with van der Waals surface area (Å²) in [7, 11) is 0. The minimum atomic E-state index is -1.23. The molecule has 1 N–H and O–H groups in total. The van der Waals surface area contributed by atoms with Crippen LogP contribution in [0.2, 0.25) is 0 Å². The van der Waals surface area contributed by atoms with E-state index in [-0.39, 0.29) is 11.6 Å². The topological polar surface area (TPSA) is 121 Å². The number of nitrogens with zero attached hydrogens (tertiary/aromatic N) is 4. The molecule has 0 spiro atoms. The number of azo groups is 2. The van der Waals surface area contributed by atoms with Crippen molar-refractivity contribution in [2.45, 2.75) is 0 Å². The second-order valence-corrected chi connectivity index (χ2v) is 2.24. The van der Waals surface area contributed by atoms with Gasteiger partial charge in [0.2, 0.25) is 0 Å². The van der Waals surface area contributed by atoms with Crippen LogP contribution in [0.1, 0.15) is 0 Å². The van der Waals surface area contributed by atoms with E-state index < -0.39 is 11.9 Å².